The third-order valence-corrected chi connectivity index (χ3v) is 3.82. The van der Waals surface area contributed by atoms with Crippen LogP contribution >= 0.6 is 31.9 Å². The summed E-state index contributed by atoms with van der Waals surface area (Å²) in [6.07, 6.45) is 3.45. The SMILES string of the molecule is O=C(O)C(Cc1ccccc1Br)c1ncc(Br)cn1. The number of hydrogen-bond donors (Lipinski definition) is 1. The van der Waals surface area contributed by atoms with E-state index in [0.29, 0.717) is 12.2 Å². The number of carboxylic acids is 1. The van der Waals surface area contributed by atoms with Crippen LogP contribution in [-0.2, 0) is 11.2 Å². The van der Waals surface area contributed by atoms with E-state index in [4.69, 9.17) is 0 Å². The highest BCUT2D eigenvalue weighted by Gasteiger charge is 2.23. The minimum atomic E-state index is -0.932. The van der Waals surface area contributed by atoms with Crippen molar-refractivity contribution in [3.63, 3.8) is 0 Å². The van der Waals surface area contributed by atoms with Crippen LogP contribution in [0, 0.1) is 0 Å². The Hall–Kier alpha value is -1.27. The van der Waals surface area contributed by atoms with Gasteiger partial charge in [-0.1, -0.05) is 34.1 Å². The molecule has 0 aliphatic heterocycles. The predicted molar refractivity (Wildman–Crippen MR) is 78.0 cm³/mol. The second-order valence-electron chi connectivity index (χ2n) is 3.95. The van der Waals surface area contributed by atoms with Crippen LogP contribution in [0.1, 0.15) is 17.3 Å². The summed E-state index contributed by atoms with van der Waals surface area (Å²) in [6, 6.07) is 7.54. The highest BCUT2D eigenvalue weighted by molar-refractivity contribution is 9.10. The molecular weight excluding hydrogens is 376 g/mol. The lowest BCUT2D eigenvalue weighted by Gasteiger charge is -2.12. The first-order chi connectivity index (χ1) is 9.08. The summed E-state index contributed by atoms with van der Waals surface area (Å²) < 4.78 is 1.61. The highest BCUT2D eigenvalue weighted by Crippen LogP contribution is 2.24. The van der Waals surface area contributed by atoms with Crippen LogP contribution < -0.4 is 0 Å². The first kappa shape index (κ1) is 14.1. The molecule has 0 saturated heterocycles. The lowest BCUT2D eigenvalue weighted by atomic mass is 9.98. The number of nitrogens with zero attached hydrogens (tertiary/aromatic N) is 2. The molecule has 0 aliphatic carbocycles. The Kier molecular flexibility index (Phi) is 4.66. The molecule has 6 heteroatoms. The second kappa shape index (κ2) is 6.25. The summed E-state index contributed by atoms with van der Waals surface area (Å²) in [5, 5.41) is 9.34. The van der Waals surface area contributed by atoms with Gasteiger partial charge in [0, 0.05) is 16.9 Å². The summed E-state index contributed by atoms with van der Waals surface area (Å²) in [7, 11) is 0. The van der Waals surface area contributed by atoms with Gasteiger partial charge in [0.2, 0.25) is 0 Å². The maximum Gasteiger partial charge on any atom is 0.314 e. The van der Waals surface area contributed by atoms with Crippen molar-refractivity contribution in [2.24, 2.45) is 0 Å². The van der Waals surface area contributed by atoms with Crippen molar-refractivity contribution in [1.29, 1.82) is 0 Å². The molecule has 0 spiro atoms. The van der Waals surface area contributed by atoms with Gasteiger partial charge in [0.05, 0.1) is 4.47 Å². The second-order valence-corrected chi connectivity index (χ2v) is 5.72. The zero-order chi connectivity index (χ0) is 13.8. The monoisotopic (exact) mass is 384 g/mol. The van der Waals surface area contributed by atoms with E-state index in [1.54, 1.807) is 12.4 Å². The molecule has 0 aliphatic rings. The van der Waals surface area contributed by atoms with E-state index >= 15 is 0 Å². The molecule has 19 heavy (non-hydrogen) atoms. The van der Waals surface area contributed by atoms with Crippen molar-refractivity contribution < 1.29 is 9.90 Å². The van der Waals surface area contributed by atoms with Crippen LogP contribution in [0.25, 0.3) is 0 Å². The van der Waals surface area contributed by atoms with Crippen LogP contribution in [0.5, 0.6) is 0 Å². The molecule has 1 heterocycles. The third kappa shape index (κ3) is 3.61. The van der Waals surface area contributed by atoms with Gasteiger partial charge in [-0.2, -0.15) is 0 Å². The highest BCUT2D eigenvalue weighted by atomic mass is 79.9. The van der Waals surface area contributed by atoms with Crippen LogP contribution in [0.4, 0.5) is 0 Å². The number of aromatic nitrogens is 2. The molecule has 0 saturated carbocycles. The Morgan fingerprint density at radius 2 is 1.84 bits per heavy atom. The zero-order valence-corrected chi connectivity index (χ0v) is 12.9. The van der Waals surface area contributed by atoms with Crippen molar-refractivity contribution in [2.45, 2.75) is 12.3 Å². The first-order valence-corrected chi connectivity index (χ1v) is 7.10. The van der Waals surface area contributed by atoms with Crippen molar-refractivity contribution >= 4 is 37.8 Å². The molecular formula is C13H10Br2N2O2. The molecule has 98 valence electrons. The van der Waals surface area contributed by atoms with Gasteiger partial charge in [0.25, 0.3) is 0 Å². The number of carbonyl (C=O) groups is 1. The van der Waals surface area contributed by atoms with Crippen molar-refractivity contribution in [1.82, 2.24) is 9.97 Å². The van der Waals surface area contributed by atoms with Gasteiger partial charge >= 0.3 is 5.97 Å². The average molecular weight is 386 g/mol. The van der Waals surface area contributed by atoms with Gasteiger partial charge in [0.1, 0.15) is 11.7 Å². The predicted octanol–water partition coefficient (Wildman–Crippen LogP) is 3.41. The van der Waals surface area contributed by atoms with E-state index in [1.807, 2.05) is 24.3 Å². The standard InChI is InChI=1S/C13H10Br2N2O2/c14-9-6-16-12(17-7-9)10(13(18)19)5-8-3-1-2-4-11(8)15/h1-4,6-7,10H,5H2,(H,18,19). The molecule has 1 unspecified atom stereocenters. The minimum Gasteiger partial charge on any atom is -0.481 e. The van der Waals surface area contributed by atoms with E-state index in [-0.39, 0.29) is 0 Å². The van der Waals surface area contributed by atoms with Gasteiger partial charge in [-0.25, -0.2) is 9.97 Å². The summed E-state index contributed by atoms with van der Waals surface area (Å²) >= 11 is 6.65. The number of benzene rings is 1. The van der Waals surface area contributed by atoms with E-state index in [2.05, 4.69) is 41.8 Å². The molecule has 4 nitrogen and oxygen atoms in total. The lowest BCUT2D eigenvalue weighted by Crippen LogP contribution is -2.17. The molecule has 2 rings (SSSR count). The molecule has 0 radical (unpaired) electrons. The molecule has 1 aromatic carbocycles. The van der Waals surface area contributed by atoms with Gasteiger partial charge in [-0.15, -0.1) is 0 Å². The van der Waals surface area contributed by atoms with E-state index < -0.39 is 11.9 Å². The molecule has 0 fully saturated rings. The normalized spacial score (nSPS) is 12.1. The number of aliphatic carboxylic acids is 1. The van der Waals surface area contributed by atoms with E-state index in [9.17, 15) is 9.90 Å². The van der Waals surface area contributed by atoms with Crippen molar-refractivity contribution in [3.8, 4) is 0 Å². The van der Waals surface area contributed by atoms with Crippen LogP contribution in [-0.4, -0.2) is 21.0 Å². The fourth-order valence-electron chi connectivity index (χ4n) is 1.68. The third-order valence-electron chi connectivity index (χ3n) is 2.63. The molecule has 0 amide bonds. The van der Waals surface area contributed by atoms with Crippen molar-refractivity contribution in [2.75, 3.05) is 0 Å². The maximum atomic E-state index is 11.4. The van der Waals surface area contributed by atoms with Gasteiger partial charge in [-0.05, 0) is 34.0 Å². The van der Waals surface area contributed by atoms with Gasteiger partial charge < -0.3 is 5.11 Å². The van der Waals surface area contributed by atoms with Gasteiger partial charge in [-0.3, -0.25) is 4.79 Å². The van der Waals surface area contributed by atoms with Crippen LogP contribution in [0.3, 0.4) is 0 Å². The Labute approximate surface area is 127 Å². The molecule has 1 atom stereocenters. The fraction of sp³-hybridized carbons (Fsp3) is 0.154. The van der Waals surface area contributed by atoms with Crippen LogP contribution in [0.2, 0.25) is 0 Å². The van der Waals surface area contributed by atoms with E-state index in [1.165, 1.54) is 0 Å². The first-order valence-electron chi connectivity index (χ1n) is 5.51. The summed E-state index contributed by atoms with van der Waals surface area (Å²) in [5.74, 6) is -1.38. The summed E-state index contributed by atoms with van der Waals surface area (Å²) in [6.45, 7) is 0. The Morgan fingerprint density at radius 1 is 1.21 bits per heavy atom. The lowest BCUT2D eigenvalue weighted by molar-refractivity contribution is -0.139. The molecule has 1 N–H and O–H groups in total. The number of halogens is 2. The molecule has 2 aromatic rings. The Morgan fingerprint density at radius 3 is 2.42 bits per heavy atom. The maximum absolute atomic E-state index is 11.4. The summed E-state index contributed by atoms with van der Waals surface area (Å²) in [5.41, 5.74) is 0.918. The topological polar surface area (TPSA) is 63.1 Å². The minimum absolute atomic E-state index is 0.312. The van der Waals surface area contributed by atoms with Crippen molar-refractivity contribution in [3.05, 3.63) is 57.0 Å². The average Bonchev–Trinajstić information content (AvgIpc) is 2.39. The largest absolute Gasteiger partial charge is 0.481 e. The smallest absolute Gasteiger partial charge is 0.314 e. The van der Waals surface area contributed by atoms with Gasteiger partial charge in [0.15, 0.2) is 0 Å². The number of carboxylic acid groups (broad SMARTS) is 1. The fourth-order valence-corrected chi connectivity index (χ4v) is 2.33. The Bertz CT molecular complexity index is 587. The summed E-state index contributed by atoms with van der Waals surface area (Å²) in [4.78, 5) is 19.5. The Balaban J connectivity index is 2.29. The molecule has 1 aromatic heterocycles. The zero-order valence-electron chi connectivity index (χ0n) is 9.75. The number of rotatable bonds is 4. The quantitative estimate of drug-likeness (QED) is 0.875. The van der Waals surface area contributed by atoms with E-state index in [0.717, 1.165) is 14.5 Å². The molecule has 0 bridgehead atoms. The van der Waals surface area contributed by atoms with Crippen LogP contribution in [0.15, 0.2) is 45.6 Å². The number of hydrogen-bond acceptors (Lipinski definition) is 3.